The van der Waals surface area contributed by atoms with E-state index in [1.807, 2.05) is 0 Å². The summed E-state index contributed by atoms with van der Waals surface area (Å²) in [5.74, 6) is -2.63. The van der Waals surface area contributed by atoms with Crippen molar-refractivity contribution in [2.45, 2.75) is 36.0 Å². The molecule has 1 amide bonds. The molecule has 1 heterocycles. The summed E-state index contributed by atoms with van der Waals surface area (Å²) in [7, 11) is 0. The van der Waals surface area contributed by atoms with Crippen molar-refractivity contribution in [1.82, 2.24) is 5.32 Å². The molecule has 1 aliphatic rings. The zero-order chi connectivity index (χ0) is 13.7. The summed E-state index contributed by atoms with van der Waals surface area (Å²) < 4.78 is 24.8. The van der Waals surface area contributed by atoms with E-state index < -0.39 is 5.76 Å². The molecule has 3 nitrogen and oxygen atoms in total. The van der Waals surface area contributed by atoms with E-state index in [2.05, 4.69) is 10.6 Å². The summed E-state index contributed by atoms with van der Waals surface area (Å²) in [4.78, 5) is 12.3. The van der Waals surface area contributed by atoms with Crippen LogP contribution in [0.2, 0.25) is 0 Å². The lowest BCUT2D eigenvalue weighted by Gasteiger charge is -2.13. The largest absolute Gasteiger partial charge is 0.325 e. The number of halogens is 2. The third-order valence-corrected chi connectivity index (χ3v) is 3.76. The van der Waals surface area contributed by atoms with Gasteiger partial charge in [0, 0.05) is 17.4 Å². The lowest BCUT2D eigenvalue weighted by Crippen LogP contribution is -2.27. The number of carbonyl (C=O) groups is 1. The van der Waals surface area contributed by atoms with E-state index in [9.17, 15) is 13.6 Å². The molecule has 0 bridgehead atoms. The fourth-order valence-electron chi connectivity index (χ4n) is 2.12. The van der Waals surface area contributed by atoms with Crippen molar-refractivity contribution >= 4 is 23.4 Å². The summed E-state index contributed by atoms with van der Waals surface area (Å²) in [5.41, 5.74) is 0.454. The van der Waals surface area contributed by atoms with Crippen molar-refractivity contribution < 1.29 is 13.6 Å². The molecule has 2 rings (SSSR count). The van der Waals surface area contributed by atoms with Crippen LogP contribution in [0.15, 0.2) is 29.2 Å². The van der Waals surface area contributed by atoms with Crippen molar-refractivity contribution in [2.75, 3.05) is 11.9 Å². The fraction of sp³-hybridized carbons (Fsp3) is 0.462. The van der Waals surface area contributed by atoms with Crippen molar-refractivity contribution in [3.05, 3.63) is 24.3 Å². The molecule has 19 heavy (non-hydrogen) atoms. The molecule has 0 radical (unpaired) electrons. The van der Waals surface area contributed by atoms with Crippen LogP contribution in [0.5, 0.6) is 0 Å². The average molecular weight is 286 g/mol. The number of rotatable bonds is 5. The number of thioether (sulfide) groups is 1. The van der Waals surface area contributed by atoms with Gasteiger partial charge in [-0.1, -0.05) is 23.9 Å². The van der Waals surface area contributed by atoms with Crippen LogP contribution in [0.4, 0.5) is 14.5 Å². The van der Waals surface area contributed by atoms with Crippen LogP contribution in [0.1, 0.15) is 19.3 Å². The zero-order valence-electron chi connectivity index (χ0n) is 10.4. The number of hydrogen-bond donors (Lipinski definition) is 2. The summed E-state index contributed by atoms with van der Waals surface area (Å²) >= 11 is 0.446. The van der Waals surface area contributed by atoms with E-state index >= 15 is 0 Å². The summed E-state index contributed by atoms with van der Waals surface area (Å²) in [6.45, 7) is 0.940. The Morgan fingerprint density at radius 3 is 2.95 bits per heavy atom. The van der Waals surface area contributed by atoms with Crippen molar-refractivity contribution in [2.24, 2.45) is 0 Å². The van der Waals surface area contributed by atoms with Gasteiger partial charge in [-0.2, -0.15) is 8.78 Å². The van der Waals surface area contributed by atoms with Crippen molar-refractivity contribution in [3.8, 4) is 0 Å². The second-order valence-corrected chi connectivity index (χ2v) is 5.45. The van der Waals surface area contributed by atoms with E-state index in [1.165, 1.54) is 0 Å². The molecule has 6 heteroatoms. The van der Waals surface area contributed by atoms with Gasteiger partial charge in [0.25, 0.3) is 5.76 Å². The highest BCUT2D eigenvalue weighted by molar-refractivity contribution is 7.99. The second kappa shape index (κ2) is 6.86. The predicted molar refractivity (Wildman–Crippen MR) is 72.6 cm³/mol. The van der Waals surface area contributed by atoms with Crippen LogP contribution in [0, 0.1) is 0 Å². The SMILES string of the molecule is O=C(CC1CCCN1)Nc1ccccc1SC(F)F. The van der Waals surface area contributed by atoms with Crippen molar-refractivity contribution in [1.29, 1.82) is 0 Å². The lowest BCUT2D eigenvalue weighted by atomic mass is 10.1. The van der Waals surface area contributed by atoms with Crippen LogP contribution in [-0.2, 0) is 4.79 Å². The highest BCUT2D eigenvalue weighted by Crippen LogP contribution is 2.31. The maximum absolute atomic E-state index is 12.4. The Bertz CT molecular complexity index is 436. The van der Waals surface area contributed by atoms with Gasteiger partial charge in [-0.15, -0.1) is 0 Å². The number of anilines is 1. The topological polar surface area (TPSA) is 41.1 Å². The third-order valence-electron chi connectivity index (χ3n) is 2.97. The van der Waals surface area contributed by atoms with Crippen molar-refractivity contribution in [3.63, 3.8) is 0 Å². The summed E-state index contributed by atoms with van der Waals surface area (Å²) in [6, 6.07) is 6.83. The van der Waals surface area contributed by atoms with Gasteiger partial charge in [-0.05, 0) is 31.5 Å². The highest BCUT2D eigenvalue weighted by atomic mass is 32.2. The van der Waals surface area contributed by atoms with Gasteiger partial charge >= 0.3 is 0 Å². The van der Waals surface area contributed by atoms with Crippen LogP contribution >= 0.6 is 11.8 Å². The molecule has 104 valence electrons. The van der Waals surface area contributed by atoms with Gasteiger partial charge < -0.3 is 10.6 Å². The Balaban J connectivity index is 1.95. The van der Waals surface area contributed by atoms with Gasteiger partial charge in [-0.3, -0.25) is 4.79 Å². The van der Waals surface area contributed by atoms with Crippen LogP contribution in [-0.4, -0.2) is 24.3 Å². The Labute approximate surface area is 115 Å². The van der Waals surface area contributed by atoms with Gasteiger partial charge in [0.2, 0.25) is 5.91 Å². The molecule has 0 aliphatic carbocycles. The monoisotopic (exact) mass is 286 g/mol. The summed E-state index contributed by atoms with van der Waals surface area (Å²) in [6.07, 6.45) is 2.45. The molecule has 1 aromatic rings. The number of alkyl halides is 2. The lowest BCUT2D eigenvalue weighted by molar-refractivity contribution is -0.116. The molecule has 1 atom stereocenters. The van der Waals surface area contributed by atoms with Gasteiger partial charge in [0.05, 0.1) is 5.69 Å². The first-order chi connectivity index (χ1) is 9.15. The Kier molecular flexibility index (Phi) is 5.15. The molecule has 1 aliphatic heterocycles. The first-order valence-electron chi connectivity index (χ1n) is 6.22. The number of para-hydroxylation sites is 1. The maximum atomic E-state index is 12.4. The van der Waals surface area contributed by atoms with E-state index in [1.54, 1.807) is 24.3 Å². The standard InChI is InChI=1S/C13H16F2N2OS/c14-13(15)19-11-6-2-1-5-10(11)17-12(18)8-9-4-3-7-16-9/h1-2,5-6,9,13,16H,3-4,7-8H2,(H,17,18). The van der Waals surface area contributed by atoms with E-state index in [0.717, 1.165) is 19.4 Å². The molecule has 1 saturated heterocycles. The number of hydrogen-bond acceptors (Lipinski definition) is 3. The minimum atomic E-state index is -2.49. The Morgan fingerprint density at radius 2 is 2.26 bits per heavy atom. The van der Waals surface area contributed by atoms with Crippen LogP contribution in [0.3, 0.4) is 0 Å². The average Bonchev–Trinajstić information content (AvgIpc) is 2.83. The van der Waals surface area contributed by atoms with E-state index in [-0.39, 0.29) is 11.9 Å². The molecular weight excluding hydrogens is 270 g/mol. The predicted octanol–water partition coefficient (Wildman–Crippen LogP) is 3.08. The third kappa shape index (κ3) is 4.47. The minimum Gasteiger partial charge on any atom is -0.325 e. The quantitative estimate of drug-likeness (QED) is 0.817. The molecule has 1 aromatic carbocycles. The van der Waals surface area contributed by atoms with Gasteiger partial charge in [0.1, 0.15) is 0 Å². The van der Waals surface area contributed by atoms with E-state index in [4.69, 9.17) is 0 Å². The van der Waals surface area contributed by atoms with Crippen LogP contribution < -0.4 is 10.6 Å². The molecular formula is C13H16F2N2OS. The summed E-state index contributed by atoms with van der Waals surface area (Å²) in [5, 5.41) is 5.94. The first kappa shape index (κ1) is 14.3. The normalized spacial score (nSPS) is 18.8. The molecule has 2 N–H and O–H groups in total. The van der Waals surface area contributed by atoms with Crippen LogP contribution in [0.25, 0.3) is 0 Å². The molecule has 1 fully saturated rings. The minimum absolute atomic E-state index is 0.137. The zero-order valence-corrected chi connectivity index (χ0v) is 11.2. The number of benzene rings is 1. The van der Waals surface area contributed by atoms with Gasteiger partial charge in [-0.25, -0.2) is 0 Å². The molecule has 0 saturated carbocycles. The highest BCUT2D eigenvalue weighted by Gasteiger charge is 2.18. The number of amides is 1. The second-order valence-electron chi connectivity index (χ2n) is 4.42. The Morgan fingerprint density at radius 1 is 1.47 bits per heavy atom. The fourth-order valence-corrected chi connectivity index (χ4v) is 2.72. The maximum Gasteiger partial charge on any atom is 0.288 e. The van der Waals surface area contributed by atoms with E-state index in [0.29, 0.717) is 28.8 Å². The van der Waals surface area contributed by atoms with Gasteiger partial charge in [0.15, 0.2) is 0 Å². The molecule has 0 aromatic heterocycles. The molecule has 0 spiro atoms. The molecule has 1 unspecified atom stereocenters. The number of nitrogens with one attached hydrogen (secondary N) is 2. The smallest absolute Gasteiger partial charge is 0.288 e. The first-order valence-corrected chi connectivity index (χ1v) is 7.10. The number of carbonyl (C=O) groups excluding carboxylic acids is 1. The Hall–Kier alpha value is -1.14.